The molecule has 2 aromatic rings. The summed E-state index contributed by atoms with van der Waals surface area (Å²) in [6, 6.07) is 13.5. The summed E-state index contributed by atoms with van der Waals surface area (Å²) in [5.41, 5.74) is 0.900. The average Bonchev–Trinajstić information content (AvgIpc) is 2.50. The first-order valence-electron chi connectivity index (χ1n) is 7.67. The Labute approximate surface area is 150 Å². The number of hydrogen-bond donors (Lipinski definition) is 1. The predicted molar refractivity (Wildman–Crippen MR) is 96.4 cm³/mol. The molecule has 122 valence electrons. The van der Waals surface area contributed by atoms with Gasteiger partial charge in [-0.25, -0.2) is 0 Å². The minimum Gasteiger partial charge on any atom is -0.485 e. The molecule has 1 fully saturated rings. The van der Waals surface area contributed by atoms with Gasteiger partial charge in [-0.1, -0.05) is 46.6 Å². The van der Waals surface area contributed by atoms with Crippen LogP contribution in [0.5, 0.6) is 11.5 Å². The van der Waals surface area contributed by atoms with Gasteiger partial charge in [0.2, 0.25) is 0 Å². The monoisotopic (exact) mass is 395 g/mol. The molecule has 3 rings (SSSR count). The van der Waals surface area contributed by atoms with Gasteiger partial charge in [0.15, 0.2) is 11.5 Å². The van der Waals surface area contributed by atoms with Crippen LogP contribution in [0.2, 0.25) is 5.02 Å². The second-order valence-electron chi connectivity index (χ2n) is 5.75. The van der Waals surface area contributed by atoms with Crippen LogP contribution in [0.25, 0.3) is 0 Å². The first-order chi connectivity index (χ1) is 11.1. The maximum Gasteiger partial charge on any atom is 0.163 e. The molecule has 1 saturated heterocycles. The second-order valence-corrected chi connectivity index (χ2v) is 7.10. The molecule has 5 heteroatoms. The van der Waals surface area contributed by atoms with E-state index in [0.717, 1.165) is 41.0 Å². The summed E-state index contributed by atoms with van der Waals surface area (Å²) in [7, 11) is 0. The predicted octanol–water partition coefficient (Wildman–Crippen LogP) is 4.81. The molecule has 0 bridgehead atoms. The molecule has 0 aliphatic carbocycles. The number of nitrogens with one attached hydrogen (secondary N) is 1. The fourth-order valence-electron chi connectivity index (χ4n) is 2.50. The van der Waals surface area contributed by atoms with Gasteiger partial charge in [0.25, 0.3) is 0 Å². The minimum atomic E-state index is -0.130. The number of benzene rings is 2. The lowest BCUT2D eigenvalue weighted by molar-refractivity contribution is 0.00999. The molecule has 0 saturated carbocycles. The maximum atomic E-state index is 6.27. The number of rotatable bonds is 6. The standard InChI is InChI=1S/C18H19BrClNO2/c1-2-18(11-21-12-18)23-17-9-14(19)6-7-16(17)22-10-13-4-3-5-15(20)8-13/h3-9,21H,2,10-12H2,1H3. The lowest BCUT2D eigenvalue weighted by Gasteiger charge is -2.42. The number of halogens is 2. The summed E-state index contributed by atoms with van der Waals surface area (Å²) in [5, 5.41) is 3.99. The average molecular weight is 397 g/mol. The molecule has 23 heavy (non-hydrogen) atoms. The molecule has 3 nitrogen and oxygen atoms in total. The van der Waals surface area contributed by atoms with E-state index in [1.165, 1.54) is 0 Å². The van der Waals surface area contributed by atoms with Crippen molar-refractivity contribution in [3.8, 4) is 11.5 Å². The van der Waals surface area contributed by atoms with Crippen molar-refractivity contribution in [3.63, 3.8) is 0 Å². The van der Waals surface area contributed by atoms with Gasteiger partial charge in [0.1, 0.15) is 12.2 Å². The molecule has 0 atom stereocenters. The Morgan fingerprint density at radius 2 is 2.00 bits per heavy atom. The molecular formula is C18H19BrClNO2. The Hall–Kier alpha value is -1.23. The lowest BCUT2D eigenvalue weighted by Crippen LogP contribution is -2.62. The van der Waals surface area contributed by atoms with Crippen LogP contribution in [0.3, 0.4) is 0 Å². The minimum absolute atomic E-state index is 0.130. The number of ether oxygens (including phenoxy) is 2. The smallest absolute Gasteiger partial charge is 0.163 e. The van der Waals surface area contributed by atoms with Crippen molar-refractivity contribution in [2.24, 2.45) is 0 Å². The maximum absolute atomic E-state index is 6.27. The van der Waals surface area contributed by atoms with Gasteiger partial charge in [-0.05, 0) is 42.3 Å². The van der Waals surface area contributed by atoms with Gasteiger partial charge in [-0.15, -0.1) is 0 Å². The summed E-state index contributed by atoms with van der Waals surface area (Å²) in [5.74, 6) is 1.51. The van der Waals surface area contributed by atoms with Crippen molar-refractivity contribution in [2.45, 2.75) is 25.6 Å². The van der Waals surface area contributed by atoms with Crippen LogP contribution in [-0.4, -0.2) is 18.7 Å². The van der Waals surface area contributed by atoms with Crippen molar-refractivity contribution >= 4 is 27.5 Å². The zero-order valence-electron chi connectivity index (χ0n) is 12.9. The van der Waals surface area contributed by atoms with Crippen LogP contribution in [0.1, 0.15) is 18.9 Å². The van der Waals surface area contributed by atoms with E-state index in [2.05, 4.69) is 28.2 Å². The molecule has 0 spiro atoms. The topological polar surface area (TPSA) is 30.5 Å². The summed E-state index contributed by atoms with van der Waals surface area (Å²) in [6.45, 7) is 4.33. The third-order valence-electron chi connectivity index (χ3n) is 4.05. The molecule has 0 aromatic heterocycles. The Morgan fingerprint density at radius 1 is 1.17 bits per heavy atom. The van der Waals surface area contributed by atoms with Gasteiger partial charge in [0, 0.05) is 22.6 Å². The molecule has 0 unspecified atom stereocenters. The van der Waals surface area contributed by atoms with Crippen LogP contribution in [0.15, 0.2) is 46.9 Å². The second kappa shape index (κ2) is 7.12. The quantitative estimate of drug-likeness (QED) is 0.760. The van der Waals surface area contributed by atoms with E-state index in [0.29, 0.717) is 11.6 Å². The van der Waals surface area contributed by atoms with Crippen molar-refractivity contribution in [1.82, 2.24) is 5.32 Å². The highest BCUT2D eigenvalue weighted by atomic mass is 79.9. The molecule has 1 aliphatic heterocycles. The van der Waals surface area contributed by atoms with E-state index in [1.54, 1.807) is 0 Å². The number of hydrogen-bond acceptors (Lipinski definition) is 3. The Kier molecular flexibility index (Phi) is 5.14. The van der Waals surface area contributed by atoms with E-state index >= 15 is 0 Å². The summed E-state index contributed by atoms with van der Waals surface area (Å²) >= 11 is 9.52. The molecule has 0 amide bonds. The van der Waals surface area contributed by atoms with E-state index in [1.807, 2.05) is 42.5 Å². The van der Waals surface area contributed by atoms with Crippen molar-refractivity contribution < 1.29 is 9.47 Å². The van der Waals surface area contributed by atoms with Crippen LogP contribution in [0.4, 0.5) is 0 Å². The molecule has 1 N–H and O–H groups in total. The summed E-state index contributed by atoms with van der Waals surface area (Å²) in [6.07, 6.45) is 0.959. The van der Waals surface area contributed by atoms with Gasteiger partial charge in [-0.3, -0.25) is 0 Å². The highest BCUT2D eigenvalue weighted by molar-refractivity contribution is 9.10. The zero-order valence-corrected chi connectivity index (χ0v) is 15.3. The van der Waals surface area contributed by atoms with Crippen molar-refractivity contribution in [1.29, 1.82) is 0 Å². The molecule has 0 radical (unpaired) electrons. The molecule has 1 aliphatic rings. The van der Waals surface area contributed by atoms with Gasteiger partial charge in [0.05, 0.1) is 0 Å². The van der Waals surface area contributed by atoms with Crippen LogP contribution >= 0.6 is 27.5 Å². The first-order valence-corrected chi connectivity index (χ1v) is 8.84. The Morgan fingerprint density at radius 3 is 2.65 bits per heavy atom. The summed E-state index contributed by atoms with van der Waals surface area (Å²) in [4.78, 5) is 0. The van der Waals surface area contributed by atoms with E-state index in [-0.39, 0.29) is 5.60 Å². The van der Waals surface area contributed by atoms with E-state index in [9.17, 15) is 0 Å². The third kappa shape index (κ3) is 4.00. The fraction of sp³-hybridized carbons (Fsp3) is 0.333. The normalized spacial score (nSPS) is 15.8. The Bertz CT molecular complexity index is 683. The molecule has 2 aromatic carbocycles. The van der Waals surface area contributed by atoms with Crippen molar-refractivity contribution in [3.05, 3.63) is 57.5 Å². The van der Waals surface area contributed by atoms with Gasteiger partial charge < -0.3 is 14.8 Å². The zero-order chi connectivity index (χ0) is 16.3. The highest BCUT2D eigenvalue weighted by Gasteiger charge is 2.38. The van der Waals surface area contributed by atoms with E-state index < -0.39 is 0 Å². The molecular weight excluding hydrogens is 378 g/mol. The van der Waals surface area contributed by atoms with E-state index in [4.69, 9.17) is 21.1 Å². The first kappa shape index (κ1) is 16.6. The lowest BCUT2D eigenvalue weighted by atomic mass is 9.93. The fourth-order valence-corrected chi connectivity index (χ4v) is 3.05. The third-order valence-corrected chi connectivity index (χ3v) is 4.78. The van der Waals surface area contributed by atoms with Crippen molar-refractivity contribution in [2.75, 3.05) is 13.1 Å². The highest BCUT2D eigenvalue weighted by Crippen LogP contribution is 2.35. The van der Waals surface area contributed by atoms with Gasteiger partial charge in [-0.2, -0.15) is 0 Å². The largest absolute Gasteiger partial charge is 0.485 e. The van der Waals surface area contributed by atoms with Gasteiger partial charge >= 0.3 is 0 Å². The van der Waals surface area contributed by atoms with Crippen LogP contribution < -0.4 is 14.8 Å². The SMILES string of the molecule is CCC1(Oc2cc(Br)ccc2OCc2cccc(Cl)c2)CNC1. The van der Waals surface area contributed by atoms with Crippen LogP contribution in [-0.2, 0) is 6.61 Å². The Balaban J connectivity index is 1.76. The summed E-state index contributed by atoms with van der Waals surface area (Å²) < 4.78 is 13.2. The molecule has 1 heterocycles. The van der Waals surface area contributed by atoms with Crippen LogP contribution in [0, 0.1) is 0 Å².